The number of rotatable bonds is 2. The van der Waals surface area contributed by atoms with Crippen LogP contribution in [0.5, 0.6) is 0 Å². The molecular weight excluding hydrogens is 237 g/mol. The Morgan fingerprint density at radius 3 is 2.94 bits per heavy atom. The zero-order chi connectivity index (χ0) is 12.7. The zero-order valence-electron chi connectivity index (χ0n) is 9.59. The third kappa shape index (κ3) is 1.60. The second kappa shape index (κ2) is 3.80. The van der Waals surface area contributed by atoms with Crippen LogP contribution >= 0.6 is 0 Å². The van der Waals surface area contributed by atoms with Crippen LogP contribution in [-0.2, 0) is 6.54 Å². The van der Waals surface area contributed by atoms with E-state index in [0.717, 1.165) is 0 Å². The van der Waals surface area contributed by atoms with Gasteiger partial charge in [0.25, 0.3) is 0 Å². The number of benzene rings is 1. The maximum absolute atomic E-state index is 13.5. The second-order valence-electron chi connectivity index (χ2n) is 3.90. The van der Waals surface area contributed by atoms with Gasteiger partial charge in [-0.15, -0.1) is 0 Å². The Morgan fingerprint density at radius 1 is 1.39 bits per heavy atom. The Balaban J connectivity index is 2.11. The molecule has 18 heavy (non-hydrogen) atoms. The summed E-state index contributed by atoms with van der Waals surface area (Å²) in [7, 11) is 0. The van der Waals surface area contributed by atoms with E-state index in [2.05, 4.69) is 15.1 Å². The second-order valence-corrected chi connectivity index (χ2v) is 3.90. The van der Waals surface area contributed by atoms with Crippen molar-refractivity contribution in [3.63, 3.8) is 0 Å². The number of hydrogen-bond acceptors (Lipinski definition) is 5. The molecule has 6 nitrogen and oxygen atoms in total. The third-order valence-electron chi connectivity index (χ3n) is 2.62. The van der Waals surface area contributed by atoms with Crippen molar-refractivity contribution >= 4 is 17.0 Å². The molecule has 0 aliphatic heterocycles. The largest absolute Gasteiger partial charge is 0.369 e. The summed E-state index contributed by atoms with van der Waals surface area (Å²) in [5, 5.41) is 3.69. The molecule has 0 aliphatic rings. The minimum Gasteiger partial charge on any atom is -0.369 e. The fraction of sp³-hybridized carbons (Fsp3) is 0.182. The van der Waals surface area contributed by atoms with Crippen LogP contribution in [0.4, 0.5) is 10.3 Å². The van der Waals surface area contributed by atoms with Crippen LogP contribution in [0.1, 0.15) is 11.7 Å². The van der Waals surface area contributed by atoms with Crippen LogP contribution in [0.15, 0.2) is 22.7 Å². The number of nitrogens with zero attached hydrogens (tertiary/aromatic N) is 4. The van der Waals surface area contributed by atoms with Crippen LogP contribution in [-0.4, -0.2) is 19.7 Å². The number of aromatic nitrogens is 4. The highest BCUT2D eigenvalue weighted by Crippen LogP contribution is 2.21. The number of aryl methyl sites for hydroxylation is 1. The molecule has 0 fully saturated rings. The number of imidazole rings is 1. The highest BCUT2D eigenvalue weighted by Gasteiger charge is 2.14. The van der Waals surface area contributed by atoms with E-state index >= 15 is 0 Å². The number of fused-ring (bicyclic) bond motifs is 1. The molecule has 0 unspecified atom stereocenters. The van der Waals surface area contributed by atoms with Crippen molar-refractivity contribution < 1.29 is 8.91 Å². The smallest absolute Gasteiger partial charge is 0.246 e. The number of hydrogen-bond donors (Lipinski definition) is 1. The fourth-order valence-electron chi connectivity index (χ4n) is 1.84. The van der Waals surface area contributed by atoms with Gasteiger partial charge in [0.2, 0.25) is 11.8 Å². The van der Waals surface area contributed by atoms with Gasteiger partial charge in [0.05, 0.1) is 5.52 Å². The van der Waals surface area contributed by atoms with E-state index in [9.17, 15) is 4.39 Å². The molecule has 0 spiro atoms. The number of halogens is 1. The molecule has 92 valence electrons. The lowest BCUT2D eigenvalue weighted by Crippen LogP contribution is -2.04. The molecule has 0 saturated carbocycles. The summed E-state index contributed by atoms with van der Waals surface area (Å²) in [6, 6.07) is 4.69. The minimum atomic E-state index is -0.403. The average Bonchev–Trinajstić information content (AvgIpc) is 2.87. The lowest BCUT2D eigenvalue weighted by molar-refractivity contribution is 0.369. The van der Waals surface area contributed by atoms with Crippen molar-refractivity contribution in [1.82, 2.24) is 19.7 Å². The van der Waals surface area contributed by atoms with Crippen molar-refractivity contribution in [3.05, 3.63) is 35.7 Å². The van der Waals surface area contributed by atoms with Gasteiger partial charge in [0, 0.05) is 0 Å². The summed E-state index contributed by atoms with van der Waals surface area (Å²) < 4.78 is 20.2. The summed E-state index contributed by atoms with van der Waals surface area (Å²) in [6.45, 7) is 1.99. The summed E-state index contributed by atoms with van der Waals surface area (Å²) in [5.74, 6) is 0.757. The molecule has 0 saturated heterocycles. The van der Waals surface area contributed by atoms with Gasteiger partial charge in [-0.25, -0.2) is 9.37 Å². The van der Waals surface area contributed by atoms with E-state index in [1.54, 1.807) is 23.6 Å². The predicted octanol–water partition coefficient (Wildman–Crippen LogP) is 1.50. The first-order valence-electron chi connectivity index (χ1n) is 5.34. The minimum absolute atomic E-state index is 0.214. The van der Waals surface area contributed by atoms with Gasteiger partial charge in [-0.05, 0) is 19.1 Å². The van der Waals surface area contributed by atoms with Crippen LogP contribution < -0.4 is 5.73 Å². The first-order valence-corrected chi connectivity index (χ1v) is 5.34. The lowest BCUT2D eigenvalue weighted by Gasteiger charge is -2.01. The average molecular weight is 247 g/mol. The molecule has 2 aromatic heterocycles. The van der Waals surface area contributed by atoms with E-state index < -0.39 is 5.82 Å². The van der Waals surface area contributed by atoms with Gasteiger partial charge >= 0.3 is 0 Å². The highest BCUT2D eigenvalue weighted by atomic mass is 19.1. The number of nitrogens with two attached hydrogens (primary N) is 1. The Bertz CT molecular complexity index is 717. The van der Waals surface area contributed by atoms with Crippen molar-refractivity contribution in [3.8, 4) is 0 Å². The molecule has 0 bridgehead atoms. The quantitative estimate of drug-likeness (QED) is 0.741. The molecule has 0 amide bonds. The molecule has 1 aromatic carbocycles. The number of para-hydroxylation sites is 1. The summed E-state index contributed by atoms with van der Waals surface area (Å²) in [4.78, 5) is 8.07. The van der Waals surface area contributed by atoms with Gasteiger partial charge in [-0.3, -0.25) is 0 Å². The molecule has 3 rings (SSSR count). The van der Waals surface area contributed by atoms with Gasteiger partial charge in [-0.1, -0.05) is 11.2 Å². The predicted molar refractivity (Wildman–Crippen MR) is 62.2 cm³/mol. The number of anilines is 1. The van der Waals surface area contributed by atoms with Crippen molar-refractivity contribution in [2.45, 2.75) is 13.5 Å². The molecule has 0 atom stereocenters. The Kier molecular flexibility index (Phi) is 2.26. The Morgan fingerprint density at radius 2 is 2.22 bits per heavy atom. The highest BCUT2D eigenvalue weighted by molar-refractivity contribution is 5.78. The maximum atomic E-state index is 13.5. The topological polar surface area (TPSA) is 82.8 Å². The van der Waals surface area contributed by atoms with E-state index in [1.165, 1.54) is 6.07 Å². The van der Waals surface area contributed by atoms with Crippen LogP contribution in [0.2, 0.25) is 0 Å². The van der Waals surface area contributed by atoms with E-state index in [4.69, 9.17) is 10.3 Å². The lowest BCUT2D eigenvalue weighted by atomic mass is 10.3. The molecule has 3 aromatic rings. The molecule has 0 aliphatic carbocycles. The van der Waals surface area contributed by atoms with Crippen LogP contribution in [0, 0.1) is 12.7 Å². The number of nitrogen functional groups attached to an aromatic ring is 1. The zero-order valence-corrected chi connectivity index (χ0v) is 9.59. The van der Waals surface area contributed by atoms with Crippen molar-refractivity contribution in [1.29, 1.82) is 0 Å². The Labute approximate surface area is 101 Å². The summed E-state index contributed by atoms with van der Waals surface area (Å²) in [5.41, 5.74) is 6.61. The third-order valence-corrected chi connectivity index (χ3v) is 2.62. The standard InChI is InChI=1S/C11H10FN5O/c1-6-14-9(18-16-6)5-17-8-4-2-3-7(12)10(8)15-11(17)13/h2-4H,5H2,1H3,(H2,13,15). The normalized spacial score (nSPS) is 11.2. The summed E-state index contributed by atoms with van der Waals surface area (Å²) in [6.07, 6.45) is 0. The van der Waals surface area contributed by atoms with Gasteiger partial charge in [0.1, 0.15) is 12.1 Å². The fourth-order valence-corrected chi connectivity index (χ4v) is 1.84. The van der Waals surface area contributed by atoms with Crippen LogP contribution in [0.25, 0.3) is 11.0 Å². The molecular formula is C11H10FN5O. The first-order chi connectivity index (χ1) is 8.65. The molecule has 7 heteroatoms. The molecule has 2 heterocycles. The SMILES string of the molecule is Cc1noc(Cn2c(N)nc3c(F)cccc32)n1. The van der Waals surface area contributed by atoms with Crippen molar-refractivity contribution in [2.24, 2.45) is 0 Å². The summed E-state index contributed by atoms with van der Waals surface area (Å²) >= 11 is 0. The Hall–Kier alpha value is -2.44. The van der Waals surface area contributed by atoms with Gasteiger partial charge < -0.3 is 14.8 Å². The van der Waals surface area contributed by atoms with E-state index in [-0.39, 0.29) is 18.0 Å². The van der Waals surface area contributed by atoms with Crippen LogP contribution in [0.3, 0.4) is 0 Å². The monoisotopic (exact) mass is 247 g/mol. The van der Waals surface area contributed by atoms with Gasteiger partial charge in [-0.2, -0.15) is 4.98 Å². The molecule has 2 N–H and O–H groups in total. The van der Waals surface area contributed by atoms with Gasteiger partial charge in [0.15, 0.2) is 11.6 Å². The molecule has 0 radical (unpaired) electrons. The van der Waals surface area contributed by atoms with E-state index in [0.29, 0.717) is 17.2 Å². The van der Waals surface area contributed by atoms with Crippen molar-refractivity contribution in [2.75, 3.05) is 5.73 Å². The van der Waals surface area contributed by atoms with E-state index in [1.807, 2.05) is 0 Å². The first kappa shape index (κ1) is 10.7. The maximum Gasteiger partial charge on any atom is 0.246 e.